The summed E-state index contributed by atoms with van der Waals surface area (Å²) >= 11 is 0. The zero-order chi connectivity index (χ0) is 32.7. The van der Waals surface area contributed by atoms with Crippen LogP contribution in [0.4, 0.5) is 16.2 Å². The number of carbonyl (C=O) groups is 2. The van der Waals surface area contributed by atoms with Crippen LogP contribution in [0.15, 0.2) is 119 Å². The molecule has 1 aliphatic rings. The summed E-state index contributed by atoms with van der Waals surface area (Å²) < 4.78 is 35.8. The molecule has 0 fully saturated rings. The van der Waals surface area contributed by atoms with E-state index in [2.05, 4.69) is 10.3 Å². The minimum atomic E-state index is -4.50. The fraction of sp³-hybridized carbons (Fsp3) is 0.156. The number of alkyl carbamates (subject to hydrolysis) is 1. The number of rotatable bonds is 11. The molecular formula is C32H28N4O9S. The number of amides is 2. The van der Waals surface area contributed by atoms with Crippen molar-refractivity contribution in [3.8, 4) is 0 Å². The first-order chi connectivity index (χ1) is 22.1. The molecular weight excluding hydrogens is 616 g/mol. The van der Waals surface area contributed by atoms with Gasteiger partial charge in [0.05, 0.1) is 35.6 Å². The van der Waals surface area contributed by atoms with Crippen LogP contribution >= 0.6 is 0 Å². The normalized spacial score (nSPS) is 15.2. The number of benzene rings is 4. The Labute approximate surface area is 264 Å². The third-order valence-corrected chi connectivity index (χ3v) is 8.13. The molecule has 0 spiro atoms. The van der Waals surface area contributed by atoms with Crippen LogP contribution in [0.25, 0.3) is 0 Å². The van der Waals surface area contributed by atoms with Gasteiger partial charge in [-0.25, -0.2) is 9.79 Å². The van der Waals surface area contributed by atoms with Gasteiger partial charge in [0.1, 0.15) is 11.5 Å². The number of nitro groups is 1. The number of fused-ring (bicyclic) bond motifs is 1. The van der Waals surface area contributed by atoms with Gasteiger partial charge < -0.3 is 14.7 Å². The second kappa shape index (κ2) is 14.1. The molecule has 14 heteroatoms. The van der Waals surface area contributed by atoms with Crippen molar-refractivity contribution in [1.82, 2.24) is 5.32 Å². The van der Waals surface area contributed by atoms with E-state index in [1.807, 2.05) is 12.1 Å². The lowest BCUT2D eigenvalue weighted by Gasteiger charge is -2.27. The molecule has 2 atom stereocenters. The molecule has 2 N–H and O–H groups in total. The number of aliphatic hydroxyl groups is 1. The topological polar surface area (TPSA) is 178 Å². The number of nitrogens with one attached hydrogen (secondary N) is 1. The van der Waals surface area contributed by atoms with Gasteiger partial charge in [0.2, 0.25) is 6.17 Å². The maximum Gasteiger partial charge on any atom is 0.409 e. The number of benzodiazepines with no additional fused rings is 1. The summed E-state index contributed by atoms with van der Waals surface area (Å²) in [6.07, 6.45) is -3.93. The van der Waals surface area contributed by atoms with Crippen LogP contribution in [-0.2, 0) is 30.4 Å². The SMILES string of the molecule is O=C(NC1N=C(c2ccccc2)c2ccccc2N(C[C@H](O)COS(=O)(=O)c2cccc([N+](=O)[O-])c2)C1=O)OCc1ccccc1. The number of aliphatic hydroxyl groups excluding tert-OH is 1. The Morgan fingerprint density at radius 1 is 0.978 bits per heavy atom. The molecule has 0 aliphatic carbocycles. The smallest absolute Gasteiger partial charge is 0.409 e. The first-order valence-corrected chi connectivity index (χ1v) is 15.4. The summed E-state index contributed by atoms with van der Waals surface area (Å²) in [5.74, 6) is -0.726. The summed E-state index contributed by atoms with van der Waals surface area (Å²) in [6.45, 7) is -1.28. The summed E-state index contributed by atoms with van der Waals surface area (Å²) in [7, 11) is -4.50. The van der Waals surface area contributed by atoms with Crippen LogP contribution in [-0.4, -0.2) is 61.6 Å². The highest BCUT2D eigenvalue weighted by Gasteiger charge is 2.35. The fourth-order valence-electron chi connectivity index (χ4n) is 4.67. The molecule has 0 aromatic heterocycles. The molecule has 13 nitrogen and oxygen atoms in total. The number of ether oxygens (including phenoxy) is 1. The summed E-state index contributed by atoms with van der Waals surface area (Å²) in [5, 5.41) is 24.5. The molecule has 1 heterocycles. The van der Waals surface area contributed by atoms with Crippen molar-refractivity contribution in [3.63, 3.8) is 0 Å². The quantitative estimate of drug-likeness (QED) is 0.140. The number of aliphatic imine (C=N–C) groups is 1. The molecule has 236 valence electrons. The van der Waals surface area contributed by atoms with Gasteiger partial charge in [-0.1, -0.05) is 84.9 Å². The molecule has 0 bridgehead atoms. The van der Waals surface area contributed by atoms with Gasteiger partial charge in [0.25, 0.3) is 21.7 Å². The van der Waals surface area contributed by atoms with Gasteiger partial charge >= 0.3 is 6.09 Å². The maximum atomic E-state index is 14.0. The van der Waals surface area contributed by atoms with Crippen molar-refractivity contribution in [2.45, 2.75) is 23.8 Å². The standard InChI is InChI=1S/C32H28N4O9S/c37-25(21-45-46(42,43)26-15-9-14-24(18-26)36(40)41)19-35-28-17-8-7-16-27(28)29(23-12-5-2-6-13-23)33-30(31(35)38)34-32(39)44-20-22-10-3-1-4-11-22/h1-18,25,30,37H,19-21H2,(H,34,39)/t25-,30?/m0/s1. The predicted molar refractivity (Wildman–Crippen MR) is 167 cm³/mol. The molecule has 0 radical (unpaired) electrons. The monoisotopic (exact) mass is 644 g/mol. The Morgan fingerprint density at radius 3 is 2.37 bits per heavy atom. The molecule has 4 aromatic carbocycles. The van der Waals surface area contributed by atoms with E-state index in [0.717, 1.165) is 23.8 Å². The molecule has 2 amide bonds. The van der Waals surface area contributed by atoms with E-state index in [9.17, 15) is 33.2 Å². The van der Waals surface area contributed by atoms with Gasteiger partial charge in [-0.05, 0) is 17.7 Å². The average Bonchev–Trinajstić information content (AvgIpc) is 3.18. The lowest BCUT2D eigenvalue weighted by atomic mass is 10.00. The number of non-ortho nitro benzene ring substituents is 1. The largest absolute Gasteiger partial charge is 0.445 e. The van der Waals surface area contributed by atoms with Crippen molar-refractivity contribution >= 4 is 39.2 Å². The van der Waals surface area contributed by atoms with Gasteiger partial charge in [-0.2, -0.15) is 8.42 Å². The van der Waals surface area contributed by atoms with Crippen LogP contribution < -0.4 is 10.2 Å². The zero-order valence-electron chi connectivity index (χ0n) is 24.1. The van der Waals surface area contributed by atoms with Crippen molar-refractivity contribution in [2.75, 3.05) is 18.1 Å². The highest BCUT2D eigenvalue weighted by molar-refractivity contribution is 7.86. The van der Waals surface area contributed by atoms with Gasteiger partial charge in [0, 0.05) is 23.3 Å². The Bertz CT molecular complexity index is 1870. The maximum absolute atomic E-state index is 14.0. The summed E-state index contributed by atoms with van der Waals surface area (Å²) in [5.41, 5.74) is 2.18. The van der Waals surface area contributed by atoms with E-state index < -0.39 is 63.0 Å². The van der Waals surface area contributed by atoms with E-state index >= 15 is 0 Å². The summed E-state index contributed by atoms with van der Waals surface area (Å²) in [6, 6.07) is 29.0. The number of nitro benzene ring substituents is 1. The number of carbonyl (C=O) groups excluding carboxylic acids is 2. The average molecular weight is 645 g/mol. The van der Waals surface area contributed by atoms with Crippen molar-refractivity contribution < 1.29 is 37.0 Å². The minimum absolute atomic E-state index is 0.0537. The van der Waals surface area contributed by atoms with E-state index in [4.69, 9.17) is 8.92 Å². The third kappa shape index (κ3) is 7.61. The Hall–Kier alpha value is -5.44. The van der Waals surface area contributed by atoms with Crippen molar-refractivity contribution in [2.24, 2.45) is 4.99 Å². The first-order valence-electron chi connectivity index (χ1n) is 14.0. The van der Waals surface area contributed by atoms with Crippen LogP contribution in [0.2, 0.25) is 0 Å². The lowest BCUT2D eigenvalue weighted by molar-refractivity contribution is -0.385. The Kier molecular flexibility index (Phi) is 9.81. The fourth-order valence-corrected chi connectivity index (χ4v) is 5.65. The van der Waals surface area contributed by atoms with Crippen LogP contribution in [0.1, 0.15) is 16.7 Å². The number of hydrogen-bond donors (Lipinski definition) is 2. The zero-order valence-corrected chi connectivity index (χ0v) is 24.9. The van der Waals surface area contributed by atoms with E-state index in [-0.39, 0.29) is 6.61 Å². The summed E-state index contributed by atoms with van der Waals surface area (Å²) in [4.78, 5) is 42.5. The Balaban J connectivity index is 1.40. The number of para-hydroxylation sites is 1. The lowest BCUT2D eigenvalue weighted by Crippen LogP contribution is -2.50. The van der Waals surface area contributed by atoms with Crippen molar-refractivity contribution in [3.05, 3.63) is 136 Å². The van der Waals surface area contributed by atoms with Crippen LogP contribution in [0.5, 0.6) is 0 Å². The van der Waals surface area contributed by atoms with Crippen LogP contribution in [0, 0.1) is 10.1 Å². The van der Waals surface area contributed by atoms with Gasteiger partial charge in [-0.3, -0.25) is 24.4 Å². The molecule has 0 saturated heterocycles. The number of nitrogens with zero attached hydrogens (tertiary/aromatic N) is 3. The second-order valence-electron chi connectivity index (χ2n) is 10.1. The number of anilines is 1. The molecule has 1 unspecified atom stereocenters. The highest BCUT2D eigenvalue weighted by Crippen LogP contribution is 2.29. The van der Waals surface area contributed by atoms with E-state index in [1.165, 1.54) is 11.0 Å². The second-order valence-corrected chi connectivity index (χ2v) is 11.7. The minimum Gasteiger partial charge on any atom is -0.445 e. The van der Waals surface area contributed by atoms with Gasteiger partial charge in [0.15, 0.2) is 0 Å². The highest BCUT2D eigenvalue weighted by atomic mass is 32.2. The van der Waals surface area contributed by atoms with E-state index in [0.29, 0.717) is 22.5 Å². The Morgan fingerprint density at radius 2 is 1.65 bits per heavy atom. The first kappa shape index (κ1) is 32.0. The molecule has 0 saturated carbocycles. The van der Waals surface area contributed by atoms with Crippen LogP contribution in [0.3, 0.4) is 0 Å². The molecule has 5 rings (SSSR count). The predicted octanol–water partition coefficient (Wildman–Crippen LogP) is 3.80. The molecule has 46 heavy (non-hydrogen) atoms. The molecule has 4 aromatic rings. The number of β-amino-alcohol motifs (C(OH)–C–C–N with tert-alkyl or cyclic N) is 1. The van der Waals surface area contributed by atoms with Crippen molar-refractivity contribution in [1.29, 1.82) is 0 Å². The third-order valence-electron chi connectivity index (χ3n) is 6.85. The number of hydrogen-bond acceptors (Lipinski definition) is 10. The molecule has 1 aliphatic heterocycles. The van der Waals surface area contributed by atoms with Gasteiger partial charge in [-0.15, -0.1) is 0 Å². The van der Waals surface area contributed by atoms with E-state index in [1.54, 1.807) is 72.8 Å².